The van der Waals surface area contributed by atoms with Crippen LogP contribution in [0.5, 0.6) is 0 Å². The molecule has 0 saturated heterocycles. The molecule has 0 aromatic heterocycles. The number of anilines is 1. The third-order valence-electron chi connectivity index (χ3n) is 3.09. The zero-order chi connectivity index (χ0) is 19.5. The highest BCUT2D eigenvalue weighted by atomic mass is 35.5. The maximum atomic E-state index is 13.5. The van der Waals surface area contributed by atoms with Crippen LogP contribution in [0.2, 0.25) is 10.0 Å². The second-order valence-electron chi connectivity index (χ2n) is 5.08. The van der Waals surface area contributed by atoms with Gasteiger partial charge in [0.25, 0.3) is 11.8 Å². The Bertz CT molecular complexity index is 857. The molecule has 0 bridgehead atoms. The molecule has 2 rings (SSSR count). The minimum Gasteiger partial charge on any atom is -0.343 e. The third kappa shape index (κ3) is 5.34. The Morgan fingerprint density at radius 1 is 1.00 bits per heavy atom. The molecule has 0 aliphatic heterocycles. The number of benzene rings is 2. The van der Waals surface area contributed by atoms with E-state index in [2.05, 4.69) is 5.32 Å². The molecule has 138 valence electrons. The van der Waals surface area contributed by atoms with E-state index in [0.29, 0.717) is 0 Å². The average molecular weight is 409 g/mol. The molecule has 0 atom stereocenters. The molecule has 2 aromatic carbocycles. The van der Waals surface area contributed by atoms with Crippen LogP contribution < -0.4 is 10.6 Å². The molecular weight excluding hydrogens is 399 g/mol. The van der Waals surface area contributed by atoms with Crippen LogP contribution in [0, 0.1) is 5.82 Å². The van der Waals surface area contributed by atoms with Crippen LogP contribution in [0.3, 0.4) is 0 Å². The molecule has 2 aromatic rings. The van der Waals surface area contributed by atoms with Crippen molar-refractivity contribution in [3.63, 3.8) is 0 Å². The lowest BCUT2D eigenvalue weighted by atomic mass is 10.1. The molecule has 2 amide bonds. The second kappa shape index (κ2) is 7.92. The van der Waals surface area contributed by atoms with Gasteiger partial charge in [0.1, 0.15) is 12.4 Å². The molecule has 0 aliphatic rings. The number of halogens is 6. The third-order valence-corrected chi connectivity index (χ3v) is 3.69. The lowest BCUT2D eigenvalue weighted by molar-refractivity contribution is -0.123. The first kappa shape index (κ1) is 20.0. The van der Waals surface area contributed by atoms with Gasteiger partial charge in [0.2, 0.25) is 0 Å². The summed E-state index contributed by atoms with van der Waals surface area (Å²) < 4.78 is 49.9. The molecule has 4 nitrogen and oxygen atoms in total. The highest BCUT2D eigenvalue weighted by molar-refractivity contribution is 6.37. The SMILES string of the molecule is O=C(NCC(F)(F)F)c1cccc(NC(=O)c2cc(F)c(Cl)cc2Cl)c1. The molecule has 26 heavy (non-hydrogen) atoms. The van der Waals surface area contributed by atoms with Gasteiger partial charge in [0, 0.05) is 11.3 Å². The Morgan fingerprint density at radius 3 is 2.35 bits per heavy atom. The fourth-order valence-electron chi connectivity index (χ4n) is 1.92. The van der Waals surface area contributed by atoms with Crippen molar-refractivity contribution in [1.82, 2.24) is 5.32 Å². The van der Waals surface area contributed by atoms with Gasteiger partial charge in [-0.15, -0.1) is 0 Å². The van der Waals surface area contributed by atoms with E-state index in [1.165, 1.54) is 24.3 Å². The summed E-state index contributed by atoms with van der Waals surface area (Å²) in [5.41, 5.74) is -0.179. The van der Waals surface area contributed by atoms with Gasteiger partial charge in [-0.05, 0) is 30.3 Å². The standard InChI is InChI=1S/C16H10Cl2F4N2O2/c17-11-6-12(18)13(19)5-10(11)15(26)24-9-3-1-2-8(4-9)14(25)23-7-16(20,21)22/h1-6H,7H2,(H,23,25)(H,24,26). The van der Waals surface area contributed by atoms with Crippen molar-refractivity contribution < 1.29 is 27.2 Å². The van der Waals surface area contributed by atoms with E-state index in [0.717, 1.165) is 12.1 Å². The van der Waals surface area contributed by atoms with Crippen LogP contribution in [0.4, 0.5) is 23.2 Å². The minimum atomic E-state index is -4.54. The number of rotatable bonds is 4. The van der Waals surface area contributed by atoms with E-state index >= 15 is 0 Å². The summed E-state index contributed by atoms with van der Waals surface area (Å²) in [4.78, 5) is 23.9. The number of nitrogens with one attached hydrogen (secondary N) is 2. The zero-order valence-electron chi connectivity index (χ0n) is 12.8. The molecule has 2 N–H and O–H groups in total. The first-order valence-corrected chi connectivity index (χ1v) is 7.73. The molecule has 0 radical (unpaired) electrons. The largest absolute Gasteiger partial charge is 0.405 e. The maximum absolute atomic E-state index is 13.5. The molecule has 10 heteroatoms. The number of hydrogen-bond donors (Lipinski definition) is 2. The van der Waals surface area contributed by atoms with Gasteiger partial charge in [-0.1, -0.05) is 29.3 Å². The summed E-state index contributed by atoms with van der Waals surface area (Å²) in [5, 5.41) is 3.75. The van der Waals surface area contributed by atoms with Gasteiger partial charge in [0.15, 0.2) is 0 Å². The fourth-order valence-corrected chi connectivity index (χ4v) is 2.38. The predicted molar refractivity (Wildman–Crippen MR) is 89.2 cm³/mol. The summed E-state index contributed by atoms with van der Waals surface area (Å²) in [6.07, 6.45) is -4.54. The highest BCUT2D eigenvalue weighted by Gasteiger charge is 2.28. The number of alkyl halides is 3. The summed E-state index contributed by atoms with van der Waals surface area (Å²) in [7, 11) is 0. The topological polar surface area (TPSA) is 58.2 Å². The van der Waals surface area contributed by atoms with E-state index < -0.39 is 30.4 Å². The molecule has 0 heterocycles. The summed E-state index contributed by atoms with van der Waals surface area (Å²) in [6, 6.07) is 7.12. The van der Waals surface area contributed by atoms with Crippen molar-refractivity contribution in [1.29, 1.82) is 0 Å². The van der Waals surface area contributed by atoms with Crippen molar-refractivity contribution in [2.24, 2.45) is 0 Å². The fraction of sp³-hybridized carbons (Fsp3) is 0.125. The minimum absolute atomic E-state index is 0.0898. The molecular formula is C16H10Cl2F4N2O2. The molecule has 0 spiro atoms. The molecule has 0 saturated carbocycles. The van der Waals surface area contributed by atoms with Crippen LogP contribution in [-0.2, 0) is 0 Å². The van der Waals surface area contributed by atoms with Crippen molar-refractivity contribution in [2.75, 3.05) is 11.9 Å². The lowest BCUT2D eigenvalue weighted by Crippen LogP contribution is -2.33. The van der Waals surface area contributed by atoms with Crippen molar-refractivity contribution in [2.45, 2.75) is 6.18 Å². The quantitative estimate of drug-likeness (QED) is 0.570. The van der Waals surface area contributed by atoms with Crippen molar-refractivity contribution >= 4 is 40.7 Å². The van der Waals surface area contributed by atoms with E-state index in [4.69, 9.17) is 23.2 Å². The van der Waals surface area contributed by atoms with Crippen LogP contribution in [0.1, 0.15) is 20.7 Å². The van der Waals surface area contributed by atoms with E-state index in [-0.39, 0.29) is 26.9 Å². The van der Waals surface area contributed by atoms with Crippen LogP contribution in [0.25, 0.3) is 0 Å². The highest BCUT2D eigenvalue weighted by Crippen LogP contribution is 2.25. The zero-order valence-corrected chi connectivity index (χ0v) is 14.3. The summed E-state index contributed by atoms with van der Waals surface area (Å²) in [5.74, 6) is -2.59. The molecule has 0 fully saturated rings. The molecule has 0 aliphatic carbocycles. The second-order valence-corrected chi connectivity index (χ2v) is 5.89. The number of hydrogen-bond acceptors (Lipinski definition) is 2. The number of carbonyl (C=O) groups is 2. The van der Waals surface area contributed by atoms with Gasteiger partial charge in [-0.25, -0.2) is 4.39 Å². The van der Waals surface area contributed by atoms with Crippen LogP contribution in [-0.4, -0.2) is 24.5 Å². The normalized spacial score (nSPS) is 11.2. The van der Waals surface area contributed by atoms with Crippen molar-refractivity contribution in [3.8, 4) is 0 Å². The summed E-state index contributed by atoms with van der Waals surface area (Å²) >= 11 is 11.4. The van der Waals surface area contributed by atoms with E-state index in [9.17, 15) is 27.2 Å². The monoisotopic (exact) mass is 408 g/mol. The summed E-state index contributed by atoms with van der Waals surface area (Å²) in [6.45, 7) is -1.48. The Balaban J connectivity index is 2.14. The Kier molecular flexibility index (Phi) is 6.09. The van der Waals surface area contributed by atoms with Crippen LogP contribution in [0.15, 0.2) is 36.4 Å². The Hall–Kier alpha value is -2.32. The van der Waals surface area contributed by atoms with Crippen LogP contribution >= 0.6 is 23.2 Å². The van der Waals surface area contributed by atoms with E-state index in [1.807, 2.05) is 0 Å². The lowest BCUT2D eigenvalue weighted by Gasteiger charge is -2.10. The smallest absolute Gasteiger partial charge is 0.343 e. The Labute approximate surface area is 155 Å². The van der Waals surface area contributed by atoms with E-state index in [1.54, 1.807) is 5.32 Å². The van der Waals surface area contributed by atoms with Gasteiger partial charge >= 0.3 is 6.18 Å². The number of amides is 2. The first-order valence-electron chi connectivity index (χ1n) is 6.98. The van der Waals surface area contributed by atoms with Gasteiger partial charge < -0.3 is 10.6 Å². The number of carbonyl (C=O) groups excluding carboxylic acids is 2. The van der Waals surface area contributed by atoms with Gasteiger partial charge in [-0.3, -0.25) is 9.59 Å². The average Bonchev–Trinajstić information content (AvgIpc) is 2.55. The van der Waals surface area contributed by atoms with Gasteiger partial charge in [-0.2, -0.15) is 13.2 Å². The molecule has 0 unspecified atom stereocenters. The first-order chi connectivity index (χ1) is 12.1. The maximum Gasteiger partial charge on any atom is 0.405 e. The van der Waals surface area contributed by atoms with Crippen molar-refractivity contribution in [3.05, 3.63) is 63.4 Å². The predicted octanol–water partition coefficient (Wildman–Crippen LogP) is 4.68. The Morgan fingerprint density at radius 2 is 1.69 bits per heavy atom. The van der Waals surface area contributed by atoms with Gasteiger partial charge in [0.05, 0.1) is 15.6 Å².